The molecule has 1 saturated heterocycles. The molecule has 8 nitrogen and oxygen atoms in total. The summed E-state index contributed by atoms with van der Waals surface area (Å²) in [4.78, 5) is 23.3. The van der Waals surface area contributed by atoms with Crippen molar-refractivity contribution in [1.29, 1.82) is 0 Å². The van der Waals surface area contributed by atoms with Crippen molar-refractivity contribution in [3.63, 3.8) is 0 Å². The average Bonchev–Trinajstić information content (AvgIpc) is 2.79. The number of rotatable bonds is 4. The summed E-state index contributed by atoms with van der Waals surface area (Å²) in [5.41, 5.74) is 8.75. The minimum atomic E-state index is -0.183. The first-order chi connectivity index (χ1) is 15.1. The van der Waals surface area contributed by atoms with E-state index in [1.165, 1.54) is 6.33 Å². The minimum Gasteiger partial charge on any atom is -0.494 e. The van der Waals surface area contributed by atoms with Crippen molar-refractivity contribution in [2.45, 2.75) is 18.9 Å². The molecular formula is C23H24N6O2. The summed E-state index contributed by atoms with van der Waals surface area (Å²) >= 11 is 0. The van der Waals surface area contributed by atoms with Gasteiger partial charge in [0.15, 0.2) is 0 Å². The van der Waals surface area contributed by atoms with E-state index >= 15 is 0 Å². The molecule has 4 rings (SSSR count). The second kappa shape index (κ2) is 8.90. The lowest BCUT2D eigenvalue weighted by atomic mass is 10.1. The number of hydrogen-bond donors (Lipinski definition) is 3. The molecule has 158 valence electrons. The summed E-state index contributed by atoms with van der Waals surface area (Å²) in [6, 6.07) is 11.1. The average molecular weight is 416 g/mol. The van der Waals surface area contributed by atoms with Crippen LogP contribution in [0.15, 0.2) is 42.7 Å². The standard InChI is InChI=1S/C23H24N6O2/c1-3-15-5-4-6-17(11-15)27-22-18-12-20(21(31-2)13-19(18)25-14-26-22)28-23(30)29-9-7-16(24)8-10-29/h1,4-6,11-14,16H,7-10,24H2,2H3,(H,28,30)(H,25,26,27). The van der Waals surface area contributed by atoms with E-state index in [0.29, 0.717) is 35.9 Å². The van der Waals surface area contributed by atoms with Gasteiger partial charge in [-0.15, -0.1) is 6.42 Å². The van der Waals surface area contributed by atoms with Crippen molar-refractivity contribution in [1.82, 2.24) is 14.9 Å². The number of piperidine rings is 1. The molecule has 0 unspecified atom stereocenters. The maximum Gasteiger partial charge on any atom is 0.321 e. The molecule has 31 heavy (non-hydrogen) atoms. The first kappa shape index (κ1) is 20.4. The van der Waals surface area contributed by atoms with Gasteiger partial charge >= 0.3 is 6.03 Å². The highest BCUT2D eigenvalue weighted by Gasteiger charge is 2.22. The quantitative estimate of drug-likeness (QED) is 0.564. The fourth-order valence-corrected chi connectivity index (χ4v) is 3.57. The highest BCUT2D eigenvalue weighted by molar-refractivity contribution is 5.99. The van der Waals surface area contributed by atoms with Gasteiger partial charge in [0.2, 0.25) is 0 Å². The van der Waals surface area contributed by atoms with Gasteiger partial charge < -0.3 is 26.0 Å². The van der Waals surface area contributed by atoms with Gasteiger partial charge in [-0.3, -0.25) is 0 Å². The second-order valence-corrected chi connectivity index (χ2v) is 7.40. The SMILES string of the molecule is C#Cc1cccc(Nc2ncnc3cc(OC)c(NC(=O)N4CCC(N)CC4)cc23)c1. The van der Waals surface area contributed by atoms with Crippen molar-refractivity contribution >= 4 is 34.1 Å². The van der Waals surface area contributed by atoms with Gasteiger partial charge in [-0.1, -0.05) is 12.0 Å². The zero-order valence-electron chi connectivity index (χ0n) is 17.3. The predicted octanol–water partition coefficient (Wildman–Crippen LogP) is 3.32. The van der Waals surface area contributed by atoms with Crippen molar-refractivity contribution in [3.05, 3.63) is 48.3 Å². The number of aromatic nitrogens is 2. The Morgan fingerprint density at radius 3 is 2.81 bits per heavy atom. The highest BCUT2D eigenvalue weighted by atomic mass is 16.5. The molecule has 1 aromatic heterocycles. The van der Waals surface area contributed by atoms with E-state index in [-0.39, 0.29) is 12.1 Å². The number of benzene rings is 2. The molecule has 2 aromatic carbocycles. The Hall–Kier alpha value is -3.83. The summed E-state index contributed by atoms with van der Waals surface area (Å²) in [6.07, 6.45) is 8.56. The maximum absolute atomic E-state index is 12.8. The summed E-state index contributed by atoms with van der Waals surface area (Å²) in [6.45, 7) is 1.26. The van der Waals surface area contributed by atoms with Crippen LogP contribution in [0.4, 0.5) is 22.0 Å². The third-order valence-electron chi connectivity index (χ3n) is 5.32. The van der Waals surface area contributed by atoms with Gasteiger partial charge in [0, 0.05) is 41.8 Å². The number of nitrogens with one attached hydrogen (secondary N) is 2. The molecule has 0 bridgehead atoms. The summed E-state index contributed by atoms with van der Waals surface area (Å²) < 4.78 is 5.49. The molecule has 0 aliphatic carbocycles. The van der Waals surface area contributed by atoms with Gasteiger partial charge in [0.1, 0.15) is 17.9 Å². The minimum absolute atomic E-state index is 0.151. The van der Waals surface area contributed by atoms with E-state index in [9.17, 15) is 4.79 Å². The molecule has 2 heterocycles. The number of terminal acetylenes is 1. The molecule has 0 spiro atoms. The number of amides is 2. The zero-order chi connectivity index (χ0) is 21.8. The maximum atomic E-state index is 12.8. The van der Waals surface area contributed by atoms with Gasteiger partial charge in [0.05, 0.1) is 18.3 Å². The first-order valence-electron chi connectivity index (χ1n) is 10.1. The molecule has 0 atom stereocenters. The lowest BCUT2D eigenvalue weighted by Gasteiger charge is -2.30. The van der Waals surface area contributed by atoms with Crippen LogP contribution in [-0.4, -0.2) is 47.1 Å². The Bertz CT molecular complexity index is 1150. The fraction of sp³-hybridized carbons (Fsp3) is 0.261. The Morgan fingerprint density at radius 1 is 1.26 bits per heavy atom. The second-order valence-electron chi connectivity index (χ2n) is 7.40. The van der Waals surface area contributed by atoms with Crippen LogP contribution < -0.4 is 21.1 Å². The van der Waals surface area contributed by atoms with Crippen LogP contribution >= 0.6 is 0 Å². The largest absolute Gasteiger partial charge is 0.494 e. The molecule has 8 heteroatoms. The molecule has 4 N–H and O–H groups in total. The van der Waals surface area contributed by atoms with E-state index in [4.69, 9.17) is 16.9 Å². The number of likely N-dealkylation sites (tertiary alicyclic amines) is 1. The predicted molar refractivity (Wildman–Crippen MR) is 122 cm³/mol. The number of anilines is 3. The Labute approximate surface area is 180 Å². The Kier molecular flexibility index (Phi) is 5.87. The van der Waals surface area contributed by atoms with Crippen LogP contribution in [0.2, 0.25) is 0 Å². The van der Waals surface area contributed by atoms with Crippen LogP contribution in [0.3, 0.4) is 0 Å². The number of hydrogen-bond acceptors (Lipinski definition) is 6. The lowest BCUT2D eigenvalue weighted by Crippen LogP contribution is -2.44. The Balaban J connectivity index is 1.65. The third kappa shape index (κ3) is 4.52. The Morgan fingerprint density at radius 2 is 2.06 bits per heavy atom. The topological polar surface area (TPSA) is 105 Å². The molecule has 1 fully saturated rings. The monoisotopic (exact) mass is 416 g/mol. The molecule has 2 amide bonds. The number of urea groups is 1. The molecule has 0 saturated carbocycles. The summed E-state index contributed by atoms with van der Waals surface area (Å²) in [5, 5.41) is 6.98. The molecule has 3 aromatic rings. The number of nitrogens with zero attached hydrogens (tertiary/aromatic N) is 3. The van der Waals surface area contributed by atoms with Crippen molar-refractivity contribution in [2.75, 3.05) is 30.8 Å². The van der Waals surface area contributed by atoms with E-state index in [0.717, 1.165) is 29.5 Å². The van der Waals surface area contributed by atoms with E-state index in [2.05, 4.69) is 26.5 Å². The van der Waals surface area contributed by atoms with Crippen molar-refractivity contribution < 1.29 is 9.53 Å². The third-order valence-corrected chi connectivity index (χ3v) is 5.32. The fourth-order valence-electron chi connectivity index (χ4n) is 3.57. The van der Waals surface area contributed by atoms with Gasteiger partial charge in [-0.25, -0.2) is 14.8 Å². The summed E-state index contributed by atoms with van der Waals surface area (Å²) in [7, 11) is 1.56. The normalized spacial score (nSPS) is 14.2. The lowest BCUT2D eigenvalue weighted by molar-refractivity contribution is 0.195. The van der Waals surface area contributed by atoms with Crippen LogP contribution in [0.25, 0.3) is 10.9 Å². The number of nitrogens with two attached hydrogens (primary N) is 1. The molecule has 0 radical (unpaired) electrons. The molecule has 1 aliphatic heterocycles. The number of ether oxygens (including phenoxy) is 1. The zero-order valence-corrected chi connectivity index (χ0v) is 17.3. The van der Waals surface area contributed by atoms with E-state index < -0.39 is 0 Å². The van der Waals surface area contributed by atoms with Gasteiger partial charge in [0.25, 0.3) is 0 Å². The van der Waals surface area contributed by atoms with Crippen molar-refractivity contribution in [2.24, 2.45) is 5.73 Å². The van der Waals surface area contributed by atoms with Crippen LogP contribution in [0.1, 0.15) is 18.4 Å². The number of carbonyl (C=O) groups excluding carboxylic acids is 1. The van der Waals surface area contributed by atoms with E-state index in [1.807, 2.05) is 30.3 Å². The molecular weight excluding hydrogens is 392 g/mol. The number of carbonyl (C=O) groups is 1. The van der Waals surface area contributed by atoms with Crippen LogP contribution in [-0.2, 0) is 0 Å². The van der Waals surface area contributed by atoms with Crippen molar-refractivity contribution in [3.8, 4) is 18.1 Å². The van der Waals surface area contributed by atoms with Gasteiger partial charge in [-0.05, 0) is 37.1 Å². The van der Waals surface area contributed by atoms with Crippen LogP contribution in [0, 0.1) is 12.3 Å². The van der Waals surface area contributed by atoms with Crippen LogP contribution in [0.5, 0.6) is 5.75 Å². The number of methoxy groups -OCH3 is 1. The molecule has 1 aliphatic rings. The first-order valence-corrected chi connectivity index (χ1v) is 10.1. The smallest absolute Gasteiger partial charge is 0.321 e. The summed E-state index contributed by atoms with van der Waals surface area (Å²) in [5.74, 6) is 3.74. The van der Waals surface area contributed by atoms with E-state index in [1.54, 1.807) is 18.1 Å². The number of fused-ring (bicyclic) bond motifs is 1. The van der Waals surface area contributed by atoms with Gasteiger partial charge in [-0.2, -0.15) is 0 Å². The highest BCUT2D eigenvalue weighted by Crippen LogP contribution is 2.33.